The molecule has 0 aliphatic carbocycles. The summed E-state index contributed by atoms with van der Waals surface area (Å²) in [5.74, 6) is 0.198. The van der Waals surface area contributed by atoms with E-state index in [1.807, 2.05) is 24.3 Å². The molecule has 2 heterocycles. The summed E-state index contributed by atoms with van der Waals surface area (Å²) < 4.78 is 38.6. The van der Waals surface area contributed by atoms with Gasteiger partial charge in [0.05, 0.1) is 19.8 Å². The largest absolute Gasteiger partial charge is 0.497 e. The van der Waals surface area contributed by atoms with Crippen molar-refractivity contribution in [3.8, 4) is 5.75 Å². The van der Waals surface area contributed by atoms with E-state index in [4.69, 9.17) is 9.47 Å². The zero-order valence-corrected chi connectivity index (χ0v) is 20.6. The molecule has 9 heteroatoms. The van der Waals surface area contributed by atoms with E-state index < -0.39 is 16.0 Å². The lowest BCUT2D eigenvalue weighted by molar-refractivity contribution is 0.0595. The number of ether oxygens (including phenoxy) is 2. The fourth-order valence-electron chi connectivity index (χ4n) is 3.87. The molecule has 0 atom stereocenters. The average Bonchev–Trinajstić information content (AvgIpc) is 3.16. The average molecular weight is 479 g/mol. The summed E-state index contributed by atoms with van der Waals surface area (Å²) in [6.07, 6.45) is 0.586. The van der Waals surface area contributed by atoms with E-state index in [2.05, 4.69) is 11.5 Å². The number of hydrogen-bond acceptors (Lipinski definition) is 7. The van der Waals surface area contributed by atoms with Gasteiger partial charge >= 0.3 is 5.97 Å². The predicted molar refractivity (Wildman–Crippen MR) is 126 cm³/mol. The monoisotopic (exact) mass is 478 g/mol. The van der Waals surface area contributed by atoms with E-state index >= 15 is 0 Å². The first kappa shape index (κ1) is 24.4. The van der Waals surface area contributed by atoms with Crippen LogP contribution >= 0.6 is 11.3 Å². The molecule has 32 heavy (non-hydrogen) atoms. The van der Waals surface area contributed by atoms with E-state index in [-0.39, 0.29) is 16.3 Å². The van der Waals surface area contributed by atoms with Gasteiger partial charge in [-0.3, -0.25) is 4.90 Å². The molecule has 0 N–H and O–H groups in total. The lowest BCUT2D eigenvalue weighted by Gasteiger charge is -2.27. The van der Waals surface area contributed by atoms with Gasteiger partial charge in [0.25, 0.3) is 10.0 Å². The number of sulfonamides is 1. The molecule has 1 aromatic heterocycles. The van der Waals surface area contributed by atoms with Gasteiger partial charge in [-0.05, 0) is 36.6 Å². The first-order chi connectivity index (χ1) is 15.2. The van der Waals surface area contributed by atoms with Crippen molar-refractivity contribution in [2.45, 2.75) is 37.6 Å². The second kappa shape index (κ2) is 10.2. The summed E-state index contributed by atoms with van der Waals surface area (Å²) in [6, 6.07) is 7.90. The second-order valence-electron chi connectivity index (χ2n) is 7.86. The van der Waals surface area contributed by atoms with E-state index in [1.165, 1.54) is 22.8 Å². The SMILES string of the molecule is C=C(C)CN(CC)S(=O)(=O)c1sc2c(c1C(=O)OC)CCN(Cc1cccc(OC)c1)C2. The first-order valence-electron chi connectivity index (χ1n) is 10.4. The Balaban J connectivity index is 1.95. The van der Waals surface area contributed by atoms with E-state index in [1.54, 1.807) is 21.0 Å². The predicted octanol–water partition coefficient (Wildman–Crippen LogP) is 3.69. The van der Waals surface area contributed by atoms with Gasteiger partial charge in [0.2, 0.25) is 0 Å². The summed E-state index contributed by atoms with van der Waals surface area (Å²) in [5.41, 5.74) is 2.83. The second-order valence-corrected chi connectivity index (χ2v) is 11.1. The molecule has 1 aliphatic rings. The van der Waals surface area contributed by atoms with Gasteiger partial charge < -0.3 is 9.47 Å². The number of fused-ring (bicyclic) bond motifs is 1. The highest BCUT2D eigenvalue weighted by Gasteiger charge is 2.36. The Morgan fingerprint density at radius 3 is 2.69 bits per heavy atom. The number of nitrogens with zero attached hydrogens (tertiary/aromatic N) is 2. The van der Waals surface area contributed by atoms with Crippen molar-refractivity contribution < 1.29 is 22.7 Å². The minimum Gasteiger partial charge on any atom is -0.497 e. The van der Waals surface area contributed by atoms with Crippen molar-refractivity contribution in [2.75, 3.05) is 33.9 Å². The topological polar surface area (TPSA) is 76.2 Å². The van der Waals surface area contributed by atoms with Gasteiger partial charge in [0.15, 0.2) is 0 Å². The maximum atomic E-state index is 13.5. The van der Waals surface area contributed by atoms with Crippen molar-refractivity contribution in [3.63, 3.8) is 0 Å². The third-order valence-electron chi connectivity index (χ3n) is 5.41. The first-order valence-corrected chi connectivity index (χ1v) is 12.7. The van der Waals surface area contributed by atoms with E-state index in [9.17, 15) is 13.2 Å². The summed E-state index contributed by atoms with van der Waals surface area (Å²) in [7, 11) is -0.932. The third kappa shape index (κ3) is 5.06. The molecular formula is C23H30N2O5S2. The Morgan fingerprint density at radius 1 is 1.31 bits per heavy atom. The molecule has 0 radical (unpaired) electrons. The number of thiophene rings is 1. The molecular weight excluding hydrogens is 448 g/mol. The number of carbonyl (C=O) groups excluding carboxylic acids is 1. The van der Waals surface area contributed by atoms with Gasteiger partial charge in [-0.25, -0.2) is 13.2 Å². The molecule has 0 unspecified atom stereocenters. The molecule has 0 fully saturated rings. The molecule has 0 saturated heterocycles. The summed E-state index contributed by atoms with van der Waals surface area (Å²) in [5, 5.41) is 0. The molecule has 174 valence electrons. The lowest BCUT2D eigenvalue weighted by Crippen LogP contribution is -2.33. The lowest BCUT2D eigenvalue weighted by atomic mass is 10.0. The summed E-state index contributed by atoms with van der Waals surface area (Å²) >= 11 is 1.18. The van der Waals surface area contributed by atoms with Crippen molar-refractivity contribution in [2.24, 2.45) is 0 Å². The van der Waals surface area contributed by atoms with Crippen LogP contribution in [0.4, 0.5) is 0 Å². The number of esters is 1. The Labute approximate surface area is 194 Å². The van der Waals surface area contributed by atoms with E-state index in [0.29, 0.717) is 32.6 Å². The molecule has 0 amide bonds. The van der Waals surface area contributed by atoms with Crippen LogP contribution in [0, 0.1) is 0 Å². The molecule has 2 aromatic rings. The van der Waals surface area contributed by atoms with E-state index in [0.717, 1.165) is 27.3 Å². The Kier molecular flexibility index (Phi) is 7.76. The smallest absolute Gasteiger partial charge is 0.340 e. The minimum absolute atomic E-state index is 0.0701. The van der Waals surface area contributed by atoms with Gasteiger partial charge in [-0.2, -0.15) is 4.31 Å². The number of likely N-dealkylation sites (N-methyl/N-ethyl adjacent to an activating group) is 1. The van der Waals surface area contributed by atoms with Gasteiger partial charge in [0.1, 0.15) is 9.96 Å². The molecule has 1 aliphatic heterocycles. The van der Waals surface area contributed by atoms with Crippen LogP contribution in [-0.2, 0) is 34.3 Å². The van der Waals surface area contributed by atoms with Gasteiger partial charge in [-0.1, -0.05) is 31.2 Å². The fourth-order valence-corrected chi connectivity index (χ4v) is 7.45. The number of carbonyl (C=O) groups is 1. The highest BCUT2D eigenvalue weighted by Crippen LogP contribution is 2.38. The number of methoxy groups -OCH3 is 2. The highest BCUT2D eigenvalue weighted by atomic mass is 32.2. The van der Waals surface area contributed by atoms with Crippen molar-refractivity contribution in [1.29, 1.82) is 0 Å². The normalized spacial score (nSPS) is 14.3. The zero-order chi connectivity index (χ0) is 23.5. The van der Waals surface area contributed by atoms with Gasteiger partial charge in [0, 0.05) is 37.6 Å². The van der Waals surface area contributed by atoms with Crippen LogP contribution in [0.15, 0.2) is 40.6 Å². The van der Waals surface area contributed by atoms with Crippen molar-refractivity contribution in [3.05, 3.63) is 58.0 Å². The van der Waals surface area contributed by atoms with Crippen molar-refractivity contribution >= 4 is 27.3 Å². The maximum Gasteiger partial charge on any atom is 0.340 e. The number of benzene rings is 1. The Hall–Kier alpha value is -2.20. The molecule has 1 aromatic carbocycles. The number of rotatable bonds is 9. The van der Waals surface area contributed by atoms with Crippen LogP contribution in [0.5, 0.6) is 5.75 Å². The quantitative estimate of drug-likeness (QED) is 0.404. The standard InChI is InChI=1S/C23H30N2O5S2/c1-6-25(13-16(2)3)32(27,28)23-21(22(26)30-5)19-10-11-24(15-20(19)31-23)14-17-8-7-9-18(12-17)29-4/h7-9,12H,2,6,10-11,13-15H2,1,3-5H3. The minimum atomic E-state index is -3.86. The Bertz CT molecular complexity index is 1110. The van der Waals surface area contributed by atoms with Crippen LogP contribution in [0.3, 0.4) is 0 Å². The molecule has 0 bridgehead atoms. The van der Waals surface area contributed by atoms with Gasteiger partial charge in [-0.15, -0.1) is 11.3 Å². The van der Waals surface area contributed by atoms with Crippen LogP contribution in [-0.4, -0.2) is 57.4 Å². The highest BCUT2D eigenvalue weighted by molar-refractivity contribution is 7.91. The van der Waals surface area contributed by atoms with Crippen LogP contribution in [0.2, 0.25) is 0 Å². The summed E-state index contributed by atoms with van der Waals surface area (Å²) in [6.45, 7) is 9.91. The molecule has 3 rings (SSSR count). The third-order valence-corrected chi connectivity index (χ3v) is 9.04. The molecule has 7 nitrogen and oxygen atoms in total. The molecule has 0 spiro atoms. The van der Waals surface area contributed by atoms with Crippen LogP contribution in [0.25, 0.3) is 0 Å². The maximum absolute atomic E-state index is 13.5. The Morgan fingerprint density at radius 2 is 2.06 bits per heavy atom. The fraction of sp³-hybridized carbons (Fsp3) is 0.435. The number of hydrogen-bond donors (Lipinski definition) is 0. The zero-order valence-electron chi connectivity index (χ0n) is 19.0. The van der Waals surface area contributed by atoms with Crippen LogP contribution in [0.1, 0.15) is 40.2 Å². The summed E-state index contributed by atoms with van der Waals surface area (Å²) in [4.78, 5) is 15.8. The molecule has 0 saturated carbocycles. The van der Waals surface area contributed by atoms with Crippen molar-refractivity contribution in [1.82, 2.24) is 9.21 Å². The van der Waals surface area contributed by atoms with Crippen LogP contribution < -0.4 is 4.74 Å².